The number of carbonyl (C=O) groups is 2. The van der Waals surface area contributed by atoms with E-state index < -0.39 is 5.91 Å². The van der Waals surface area contributed by atoms with E-state index in [-0.39, 0.29) is 5.91 Å². The Labute approximate surface area is 186 Å². The highest BCUT2D eigenvalue weighted by atomic mass is 16.3. The fraction of sp³-hybridized carbons (Fsp3) is 0.115. The van der Waals surface area contributed by atoms with E-state index in [0.29, 0.717) is 41.4 Å². The van der Waals surface area contributed by atoms with Crippen LogP contribution in [0.3, 0.4) is 0 Å². The van der Waals surface area contributed by atoms with Crippen molar-refractivity contribution in [3.05, 3.63) is 113 Å². The van der Waals surface area contributed by atoms with Gasteiger partial charge >= 0.3 is 0 Å². The summed E-state index contributed by atoms with van der Waals surface area (Å²) in [6, 6.07) is 24.0. The average molecular weight is 425 g/mol. The van der Waals surface area contributed by atoms with Gasteiger partial charge in [0, 0.05) is 18.7 Å². The highest BCUT2D eigenvalue weighted by Crippen LogP contribution is 2.22. The average Bonchev–Trinajstić information content (AvgIpc) is 3.34. The van der Waals surface area contributed by atoms with Gasteiger partial charge in [-0.1, -0.05) is 42.5 Å². The molecule has 0 radical (unpaired) electrons. The fourth-order valence-corrected chi connectivity index (χ4v) is 3.57. The first-order valence-corrected chi connectivity index (χ1v) is 10.2. The van der Waals surface area contributed by atoms with Crippen molar-refractivity contribution in [2.75, 3.05) is 0 Å². The molecular formula is C26H23N3O3. The largest absolute Gasteiger partial charge is 0.463 e. The first-order chi connectivity index (χ1) is 15.5. The third-order valence-corrected chi connectivity index (χ3v) is 5.18. The van der Waals surface area contributed by atoms with Crippen LogP contribution in [0.25, 0.3) is 11.5 Å². The summed E-state index contributed by atoms with van der Waals surface area (Å²) in [5.41, 5.74) is 9.47. The molecule has 2 aromatic heterocycles. The van der Waals surface area contributed by atoms with Gasteiger partial charge in [-0.25, -0.2) is 4.98 Å². The number of furan rings is 1. The summed E-state index contributed by atoms with van der Waals surface area (Å²) in [4.78, 5) is 31.5. The molecule has 4 aromatic rings. The Kier molecular flexibility index (Phi) is 6.12. The minimum Gasteiger partial charge on any atom is -0.463 e. The van der Waals surface area contributed by atoms with Crippen molar-refractivity contribution < 1.29 is 14.0 Å². The maximum atomic E-state index is 13.6. The molecule has 0 aliphatic heterocycles. The van der Waals surface area contributed by atoms with E-state index in [1.165, 1.54) is 0 Å². The minimum absolute atomic E-state index is 0.144. The van der Waals surface area contributed by atoms with Gasteiger partial charge in [-0.05, 0) is 54.4 Å². The molecule has 4 rings (SSSR count). The standard InChI is InChI=1S/C26H23N3O3/c1-18-22(12-13-23(28-18)24-11-6-14-32-24)26(31)29(16-19-7-3-2-4-8-19)17-20-9-5-10-21(15-20)25(27)30/h2-15H,16-17H2,1H3,(H2,27,30). The quantitative estimate of drug-likeness (QED) is 0.469. The lowest BCUT2D eigenvalue weighted by atomic mass is 10.1. The molecule has 2 amide bonds. The van der Waals surface area contributed by atoms with Crippen LogP contribution in [-0.2, 0) is 13.1 Å². The Hall–Kier alpha value is -4.19. The molecule has 0 aliphatic rings. The minimum atomic E-state index is -0.499. The van der Waals surface area contributed by atoms with Gasteiger partial charge in [0.05, 0.1) is 17.5 Å². The lowest BCUT2D eigenvalue weighted by Crippen LogP contribution is -2.31. The van der Waals surface area contributed by atoms with E-state index in [0.717, 1.165) is 11.1 Å². The van der Waals surface area contributed by atoms with Crippen molar-refractivity contribution in [3.63, 3.8) is 0 Å². The molecular weight excluding hydrogens is 402 g/mol. The van der Waals surface area contributed by atoms with E-state index in [9.17, 15) is 9.59 Å². The van der Waals surface area contributed by atoms with Gasteiger partial charge < -0.3 is 15.1 Å². The first kappa shape index (κ1) is 21.1. The van der Waals surface area contributed by atoms with Crippen LogP contribution in [0, 0.1) is 6.92 Å². The van der Waals surface area contributed by atoms with Gasteiger partial charge in [0.1, 0.15) is 5.69 Å². The highest BCUT2D eigenvalue weighted by Gasteiger charge is 2.20. The number of aryl methyl sites for hydroxylation is 1. The van der Waals surface area contributed by atoms with E-state index >= 15 is 0 Å². The zero-order valence-electron chi connectivity index (χ0n) is 17.7. The van der Waals surface area contributed by atoms with Gasteiger partial charge in [-0.2, -0.15) is 0 Å². The molecule has 0 saturated heterocycles. The Bertz CT molecular complexity index is 1230. The number of benzene rings is 2. The number of nitrogens with two attached hydrogens (primary N) is 1. The van der Waals surface area contributed by atoms with E-state index in [4.69, 9.17) is 10.2 Å². The van der Waals surface area contributed by atoms with Crippen LogP contribution >= 0.6 is 0 Å². The molecule has 0 atom stereocenters. The zero-order valence-corrected chi connectivity index (χ0v) is 17.7. The number of aromatic nitrogens is 1. The van der Waals surface area contributed by atoms with Crippen molar-refractivity contribution in [1.82, 2.24) is 9.88 Å². The van der Waals surface area contributed by atoms with Crippen LogP contribution in [0.15, 0.2) is 89.5 Å². The second-order valence-electron chi connectivity index (χ2n) is 7.52. The number of nitrogens with zero attached hydrogens (tertiary/aromatic N) is 2. The lowest BCUT2D eigenvalue weighted by Gasteiger charge is -2.24. The smallest absolute Gasteiger partial charge is 0.256 e. The van der Waals surface area contributed by atoms with Crippen LogP contribution < -0.4 is 5.73 Å². The lowest BCUT2D eigenvalue weighted by molar-refractivity contribution is 0.0728. The normalized spacial score (nSPS) is 10.7. The molecule has 2 N–H and O–H groups in total. The van der Waals surface area contributed by atoms with Crippen LogP contribution in [0.2, 0.25) is 0 Å². The second-order valence-corrected chi connectivity index (χ2v) is 7.52. The van der Waals surface area contributed by atoms with Gasteiger partial charge in [-0.15, -0.1) is 0 Å². The van der Waals surface area contributed by atoms with Gasteiger partial charge in [0.15, 0.2) is 5.76 Å². The molecule has 0 aliphatic carbocycles. The second kappa shape index (κ2) is 9.31. The first-order valence-electron chi connectivity index (χ1n) is 10.2. The summed E-state index contributed by atoms with van der Waals surface area (Å²) in [7, 11) is 0. The topological polar surface area (TPSA) is 89.4 Å². The van der Waals surface area contributed by atoms with Crippen LogP contribution in [0.4, 0.5) is 0 Å². The molecule has 0 bridgehead atoms. The summed E-state index contributed by atoms with van der Waals surface area (Å²) in [6.45, 7) is 2.56. The third-order valence-electron chi connectivity index (χ3n) is 5.18. The molecule has 0 saturated carbocycles. The van der Waals surface area contributed by atoms with Crippen LogP contribution in [-0.4, -0.2) is 21.7 Å². The van der Waals surface area contributed by atoms with Crippen molar-refractivity contribution in [1.29, 1.82) is 0 Å². The van der Waals surface area contributed by atoms with E-state index in [1.807, 2.05) is 49.4 Å². The van der Waals surface area contributed by atoms with Gasteiger partial charge in [0.2, 0.25) is 5.91 Å². The Morgan fingerprint density at radius 1 is 0.906 bits per heavy atom. The molecule has 6 heteroatoms. The number of amides is 2. The number of rotatable bonds is 7. The molecule has 0 spiro atoms. The van der Waals surface area contributed by atoms with E-state index in [1.54, 1.807) is 47.6 Å². The summed E-state index contributed by atoms with van der Waals surface area (Å²) in [5.74, 6) is 0.00665. The summed E-state index contributed by atoms with van der Waals surface area (Å²) < 4.78 is 5.42. The molecule has 32 heavy (non-hydrogen) atoms. The predicted molar refractivity (Wildman–Crippen MR) is 122 cm³/mol. The van der Waals surface area contributed by atoms with Crippen molar-refractivity contribution >= 4 is 11.8 Å². The monoisotopic (exact) mass is 425 g/mol. The van der Waals surface area contributed by atoms with E-state index in [2.05, 4.69) is 4.98 Å². The Morgan fingerprint density at radius 3 is 2.34 bits per heavy atom. The molecule has 0 unspecified atom stereocenters. The van der Waals surface area contributed by atoms with Gasteiger partial charge in [-0.3, -0.25) is 9.59 Å². The number of hydrogen-bond donors (Lipinski definition) is 1. The summed E-state index contributed by atoms with van der Waals surface area (Å²) in [5, 5.41) is 0. The number of carbonyl (C=O) groups excluding carboxylic acids is 2. The maximum absolute atomic E-state index is 13.6. The molecule has 2 heterocycles. The summed E-state index contributed by atoms with van der Waals surface area (Å²) >= 11 is 0. The molecule has 160 valence electrons. The van der Waals surface area contributed by atoms with Crippen molar-refractivity contribution in [2.24, 2.45) is 5.73 Å². The molecule has 0 fully saturated rings. The third kappa shape index (κ3) is 4.75. The Balaban J connectivity index is 1.65. The van der Waals surface area contributed by atoms with Crippen molar-refractivity contribution in [2.45, 2.75) is 20.0 Å². The molecule has 6 nitrogen and oxygen atoms in total. The summed E-state index contributed by atoms with van der Waals surface area (Å²) in [6.07, 6.45) is 1.59. The van der Waals surface area contributed by atoms with Gasteiger partial charge in [0.25, 0.3) is 5.91 Å². The maximum Gasteiger partial charge on any atom is 0.256 e. The predicted octanol–water partition coefficient (Wildman–Crippen LogP) is 4.59. The SMILES string of the molecule is Cc1nc(-c2ccco2)ccc1C(=O)N(Cc1ccccc1)Cc1cccc(C(N)=O)c1. The molecule has 2 aromatic carbocycles. The highest BCUT2D eigenvalue weighted by molar-refractivity contribution is 5.95. The van der Waals surface area contributed by atoms with Crippen molar-refractivity contribution in [3.8, 4) is 11.5 Å². The Morgan fingerprint density at radius 2 is 1.66 bits per heavy atom. The van der Waals surface area contributed by atoms with Crippen LogP contribution in [0.5, 0.6) is 0 Å². The van der Waals surface area contributed by atoms with Crippen LogP contribution in [0.1, 0.15) is 37.5 Å². The fourth-order valence-electron chi connectivity index (χ4n) is 3.57. The number of primary amides is 1. The zero-order chi connectivity index (χ0) is 22.5. The number of pyridine rings is 1. The number of hydrogen-bond acceptors (Lipinski definition) is 4.